The lowest BCUT2D eigenvalue weighted by atomic mass is 10.2. The first-order valence-electron chi connectivity index (χ1n) is 7.30. The summed E-state index contributed by atoms with van der Waals surface area (Å²) in [6, 6.07) is 13.1. The molecule has 0 bridgehead atoms. The summed E-state index contributed by atoms with van der Waals surface area (Å²) >= 11 is 1.62. The minimum absolute atomic E-state index is 0.254. The van der Waals surface area contributed by atoms with Gasteiger partial charge in [-0.25, -0.2) is 0 Å². The van der Waals surface area contributed by atoms with Gasteiger partial charge in [0.05, 0.1) is 22.9 Å². The molecule has 1 N–H and O–H groups in total. The highest BCUT2D eigenvalue weighted by molar-refractivity contribution is 7.13. The van der Waals surface area contributed by atoms with Crippen molar-refractivity contribution in [2.24, 2.45) is 7.05 Å². The lowest BCUT2D eigenvalue weighted by molar-refractivity contribution is 0.102. The smallest absolute Gasteiger partial charge is 0.276 e. The normalized spacial score (nSPS) is 10.5. The summed E-state index contributed by atoms with van der Waals surface area (Å²) in [5.41, 5.74) is 1.94. The molecule has 5 nitrogen and oxygen atoms in total. The minimum atomic E-state index is -0.254. The molecule has 1 aromatic carbocycles. The Morgan fingerprint density at radius 3 is 2.87 bits per heavy atom. The largest absolute Gasteiger partial charge is 0.492 e. The van der Waals surface area contributed by atoms with Gasteiger partial charge in [-0.3, -0.25) is 9.48 Å². The van der Waals surface area contributed by atoms with Crippen LogP contribution in [0.15, 0.2) is 47.8 Å². The summed E-state index contributed by atoms with van der Waals surface area (Å²) in [5, 5.41) is 9.17. The van der Waals surface area contributed by atoms with Gasteiger partial charge in [-0.2, -0.15) is 5.10 Å². The number of aromatic nitrogens is 2. The lowest BCUT2D eigenvalue weighted by Crippen LogP contribution is -2.14. The van der Waals surface area contributed by atoms with E-state index < -0.39 is 0 Å². The average Bonchev–Trinajstić information content (AvgIpc) is 3.18. The van der Waals surface area contributed by atoms with E-state index in [0.717, 1.165) is 10.6 Å². The maximum atomic E-state index is 12.5. The van der Waals surface area contributed by atoms with Gasteiger partial charge in [0.25, 0.3) is 5.91 Å². The molecule has 0 saturated heterocycles. The number of benzene rings is 1. The van der Waals surface area contributed by atoms with Crippen molar-refractivity contribution >= 4 is 22.9 Å². The van der Waals surface area contributed by atoms with E-state index in [0.29, 0.717) is 23.7 Å². The number of aryl methyl sites for hydroxylation is 1. The number of nitrogens with zero attached hydrogens (tertiary/aromatic N) is 2. The van der Waals surface area contributed by atoms with Crippen molar-refractivity contribution in [1.82, 2.24) is 9.78 Å². The molecule has 118 valence electrons. The van der Waals surface area contributed by atoms with E-state index in [1.54, 1.807) is 22.1 Å². The fourth-order valence-electron chi connectivity index (χ4n) is 2.27. The van der Waals surface area contributed by atoms with Crippen LogP contribution >= 0.6 is 11.3 Å². The second kappa shape index (κ2) is 6.66. The van der Waals surface area contributed by atoms with Gasteiger partial charge in [0, 0.05) is 7.05 Å². The SMILES string of the molecule is CCOc1ccccc1NC(=O)c1cc(-c2cccs2)n(C)n1. The number of para-hydroxylation sites is 2. The van der Waals surface area contributed by atoms with Crippen molar-refractivity contribution in [3.05, 3.63) is 53.5 Å². The van der Waals surface area contributed by atoms with Crippen molar-refractivity contribution in [2.75, 3.05) is 11.9 Å². The Morgan fingerprint density at radius 2 is 2.13 bits per heavy atom. The summed E-state index contributed by atoms with van der Waals surface area (Å²) in [5.74, 6) is 0.397. The molecule has 3 aromatic rings. The van der Waals surface area contributed by atoms with Gasteiger partial charge in [-0.1, -0.05) is 18.2 Å². The summed E-state index contributed by atoms with van der Waals surface area (Å²) in [4.78, 5) is 13.5. The molecule has 0 spiro atoms. The van der Waals surface area contributed by atoms with Gasteiger partial charge in [0.15, 0.2) is 5.69 Å². The third-order valence-electron chi connectivity index (χ3n) is 3.32. The van der Waals surface area contributed by atoms with Gasteiger partial charge in [0.1, 0.15) is 5.75 Å². The van der Waals surface area contributed by atoms with Crippen LogP contribution in [0.1, 0.15) is 17.4 Å². The maximum Gasteiger partial charge on any atom is 0.276 e. The zero-order chi connectivity index (χ0) is 16.2. The third-order valence-corrected chi connectivity index (χ3v) is 4.21. The molecule has 6 heteroatoms. The number of carbonyl (C=O) groups is 1. The van der Waals surface area contributed by atoms with E-state index in [2.05, 4.69) is 10.4 Å². The summed E-state index contributed by atoms with van der Waals surface area (Å²) in [7, 11) is 1.83. The standard InChI is InChI=1S/C17H17N3O2S/c1-3-22-15-8-5-4-7-12(15)18-17(21)13-11-14(20(2)19-13)16-9-6-10-23-16/h4-11H,3H2,1-2H3,(H,18,21). The highest BCUT2D eigenvalue weighted by Crippen LogP contribution is 2.27. The highest BCUT2D eigenvalue weighted by Gasteiger charge is 2.16. The molecule has 0 aliphatic rings. The lowest BCUT2D eigenvalue weighted by Gasteiger charge is -2.10. The topological polar surface area (TPSA) is 56.1 Å². The van der Waals surface area contributed by atoms with E-state index >= 15 is 0 Å². The summed E-state index contributed by atoms with van der Waals surface area (Å²) in [6.45, 7) is 2.45. The molecule has 2 heterocycles. The van der Waals surface area contributed by atoms with Crippen molar-refractivity contribution in [2.45, 2.75) is 6.92 Å². The number of hydrogen-bond donors (Lipinski definition) is 1. The van der Waals surface area contributed by atoms with Gasteiger partial charge in [-0.15, -0.1) is 11.3 Å². The van der Waals surface area contributed by atoms with Crippen molar-refractivity contribution < 1.29 is 9.53 Å². The van der Waals surface area contributed by atoms with Crippen LogP contribution in [0.4, 0.5) is 5.69 Å². The van der Waals surface area contributed by atoms with E-state index in [1.165, 1.54) is 0 Å². The average molecular weight is 327 g/mol. The Morgan fingerprint density at radius 1 is 1.30 bits per heavy atom. The monoisotopic (exact) mass is 327 g/mol. The van der Waals surface area contributed by atoms with Gasteiger partial charge in [0.2, 0.25) is 0 Å². The molecule has 0 unspecified atom stereocenters. The Bertz CT molecular complexity index is 809. The molecule has 0 saturated carbocycles. The number of thiophene rings is 1. The van der Waals surface area contributed by atoms with Gasteiger partial charge >= 0.3 is 0 Å². The van der Waals surface area contributed by atoms with Crippen LogP contribution in [-0.2, 0) is 7.05 Å². The van der Waals surface area contributed by atoms with Crippen LogP contribution in [0, 0.1) is 0 Å². The van der Waals surface area contributed by atoms with Gasteiger partial charge < -0.3 is 10.1 Å². The van der Waals surface area contributed by atoms with Crippen LogP contribution in [0.2, 0.25) is 0 Å². The molecule has 0 aliphatic carbocycles. The number of anilines is 1. The minimum Gasteiger partial charge on any atom is -0.492 e. The second-order valence-corrected chi connectivity index (χ2v) is 5.85. The van der Waals surface area contributed by atoms with Crippen LogP contribution in [0.3, 0.4) is 0 Å². The number of ether oxygens (including phenoxy) is 1. The first kappa shape index (κ1) is 15.3. The Balaban J connectivity index is 1.83. The van der Waals surface area contributed by atoms with E-state index in [9.17, 15) is 4.79 Å². The van der Waals surface area contributed by atoms with E-state index in [4.69, 9.17) is 4.74 Å². The third kappa shape index (κ3) is 3.27. The molecule has 3 rings (SSSR count). The highest BCUT2D eigenvalue weighted by atomic mass is 32.1. The first-order valence-corrected chi connectivity index (χ1v) is 8.18. The van der Waals surface area contributed by atoms with E-state index in [-0.39, 0.29) is 5.91 Å². The molecule has 1 amide bonds. The van der Waals surface area contributed by atoms with Crippen molar-refractivity contribution in [3.8, 4) is 16.3 Å². The zero-order valence-electron chi connectivity index (χ0n) is 12.9. The number of amides is 1. The number of hydrogen-bond acceptors (Lipinski definition) is 4. The first-order chi connectivity index (χ1) is 11.2. The second-order valence-electron chi connectivity index (χ2n) is 4.90. The maximum absolute atomic E-state index is 12.5. The number of rotatable bonds is 5. The fourth-order valence-corrected chi connectivity index (χ4v) is 3.04. The Hall–Kier alpha value is -2.60. The van der Waals surface area contributed by atoms with Crippen LogP contribution in [0.25, 0.3) is 10.6 Å². The van der Waals surface area contributed by atoms with Crippen molar-refractivity contribution in [3.63, 3.8) is 0 Å². The molecule has 0 radical (unpaired) electrons. The molecular weight excluding hydrogens is 310 g/mol. The molecule has 0 aliphatic heterocycles. The Kier molecular flexibility index (Phi) is 4.43. The number of nitrogens with one attached hydrogen (secondary N) is 1. The van der Waals surface area contributed by atoms with E-state index in [1.807, 2.05) is 55.7 Å². The summed E-state index contributed by atoms with van der Waals surface area (Å²) < 4.78 is 7.24. The van der Waals surface area contributed by atoms with Crippen molar-refractivity contribution in [1.29, 1.82) is 0 Å². The molecule has 0 atom stereocenters. The predicted octanol–water partition coefficient (Wildman–Crippen LogP) is 3.80. The zero-order valence-corrected chi connectivity index (χ0v) is 13.8. The summed E-state index contributed by atoms with van der Waals surface area (Å²) in [6.07, 6.45) is 0. The molecule has 0 fully saturated rings. The van der Waals surface area contributed by atoms with Gasteiger partial charge in [-0.05, 0) is 36.6 Å². The molecule has 23 heavy (non-hydrogen) atoms. The fraction of sp³-hybridized carbons (Fsp3) is 0.176. The quantitative estimate of drug-likeness (QED) is 0.775. The predicted molar refractivity (Wildman–Crippen MR) is 92.1 cm³/mol. The van der Waals surface area contributed by atoms with Crippen LogP contribution < -0.4 is 10.1 Å². The Labute approximate surface area is 138 Å². The molecular formula is C17H17N3O2S. The number of carbonyl (C=O) groups excluding carboxylic acids is 1. The molecule has 2 aromatic heterocycles. The van der Waals surface area contributed by atoms with Crippen LogP contribution in [-0.4, -0.2) is 22.3 Å². The van der Waals surface area contributed by atoms with Crippen LogP contribution in [0.5, 0.6) is 5.75 Å².